The molecule has 5 nitrogen and oxygen atoms in total. The van der Waals surface area contributed by atoms with Crippen LogP contribution in [0.15, 0.2) is 53.9 Å². The molecule has 0 saturated carbocycles. The summed E-state index contributed by atoms with van der Waals surface area (Å²) in [4.78, 5) is 19.3. The molecule has 0 unspecified atom stereocenters. The number of thiazole rings is 1. The maximum Gasteiger partial charge on any atom is 0.226 e. The molecule has 0 aliphatic carbocycles. The zero-order valence-electron chi connectivity index (χ0n) is 17.1. The number of nitrogens with zero attached hydrogens (tertiary/aromatic N) is 3. The Kier molecular flexibility index (Phi) is 6.58. The Hall–Kier alpha value is -3.24. The van der Waals surface area contributed by atoms with E-state index in [0.29, 0.717) is 12.0 Å². The van der Waals surface area contributed by atoms with E-state index < -0.39 is 0 Å². The average molecular weight is 435 g/mol. The van der Waals surface area contributed by atoms with Gasteiger partial charge in [-0.2, -0.15) is 5.26 Å². The van der Waals surface area contributed by atoms with Gasteiger partial charge < -0.3 is 10.2 Å². The van der Waals surface area contributed by atoms with E-state index in [1.807, 2.05) is 29.6 Å². The summed E-state index contributed by atoms with van der Waals surface area (Å²) in [5.74, 6) is -0.251. The topological polar surface area (TPSA) is 69.0 Å². The van der Waals surface area contributed by atoms with Crippen molar-refractivity contribution in [3.8, 4) is 6.07 Å². The van der Waals surface area contributed by atoms with Gasteiger partial charge in [0.1, 0.15) is 5.82 Å². The van der Waals surface area contributed by atoms with E-state index in [2.05, 4.69) is 21.3 Å². The molecule has 0 radical (unpaired) electrons. The van der Waals surface area contributed by atoms with Gasteiger partial charge in [0.15, 0.2) is 0 Å². The lowest BCUT2D eigenvalue weighted by Gasteiger charge is -2.34. The first-order valence-corrected chi connectivity index (χ1v) is 11.2. The Morgan fingerprint density at radius 2 is 1.87 bits per heavy atom. The highest BCUT2D eigenvalue weighted by molar-refractivity contribution is 7.09. The van der Waals surface area contributed by atoms with Crippen molar-refractivity contribution in [3.63, 3.8) is 0 Å². The van der Waals surface area contributed by atoms with Gasteiger partial charge in [-0.25, -0.2) is 9.37 Å². The third-order valence-electron chi connectivity index (χ3n) is 5.43. The van der Waals surface area contributed by atoms with Crippen molar-refractivity contribution in [1.82, 2.24) is 10.3 Å². The van der Waals surface area contributed by atoms with E-state index in [4.69, 9.17) is 5.26 Å². The summed E-state index contributed by atoms with van der Waals surface area (Å²) in [6, 6.07) is 16.3. The van der Waals surface area contributed by atoms with Crippen LogP contribution >= 0.6 is 11.3 Å². The fourth-order valence-electron chi connectivity index (χ4n) is 3.76. The maximum atomic E-state index is 13.0. The highest BCUT2D eigenvalue weighted by atomic mass is 32.1. The summed E-state index contributed by atoms with van der Waals surface area (Å²) >= 11 is 1.53. The molecule has 0 atom stereocenters. The number of nitriles is 1. The molecular formula is C24H23FN4OS. The van der Waals surface area contributed by atoms with E-state index >= 15 is 0 Å². The largest absolute Gasteiger partial charge is 0.371 e. The molecular weight excluding hydrogens is 411 g/mol. The molecule has 2 heterocycles. The molecule has 1 fully saturated rings. The lowest BCUT2D eigenvalue weighted by atomic mass is 10.0. The Labute approximate surface area is 185 Å². The minimum absolute atomic E-state index is 0.00421. The number of halogens is 1. The van der Waals surface area contributed by atoms with Crippen LogP contribution in [0.4, 0.5) is 10.1 Å². The molecule has 4 rings (SSSR count). The fourth-order valence-corrected chi connectivity index (χ4v) is 4.59. The number of hydrogen-bond donors (Lipinski definition) is 1. The number of carbonyl (C=O) groups excluding carboxylic acids is 1. The van der Waals surface area contributed by atoms with Gasteiger partial charge in [0.2, 0.25) is 5.91 Å². The van der Waals surface area contributed by atoms with Gasteiger partial charge in [0.05, 0.1) is 28.8 Å². The first-order valence-electron chi connectivity index (χ1n) is 10.3. The first-order chi connectivity index (χ1) is 15.1. The minimum Gasteiger partial charge on any atom is -0.371 e. The van der Waals surface area contributed by atoms with Gasteiger partial charge in [0, 0.05) is 36.6 Å². The number of carbonyl (C=O) groups is 1. The molecule has 158 valence electrons. The fraction of sp³-hybridized carbons (Fsp3) is 0.292. The molecule has 0 bridgehead atoms. The third-order valence-corrected chi connectivity index (χ3v) is 6.33. The van der Waals surface area contributed by atoms with Gasteiger partial charge in [-0.05, 0) is 54.8 Å². The van der Waals surface area contributed by atoms with Crippen LogP contribution < -0.4 is 10.2 Å². The van der Waals surface area contributed by atoms with Crippen molar-refractivity contribution in [2.75, 3.05) is 18.0 Å². The number of hydrogen-bond acceptors (Lipinski definition) is 5. The van der Waals surface area contributed by atoms with Crippen LogP contribution in [0, 0.1) is 17.1 Å². The summed E-state index contributed by atoms with van der Waals surface area (Å²) in [5, 5.41) is 14.9. The highest BCUT2D eigenvalue weighted by Crippen LogP contribution is 2.21. The van der Waals surface area contributed by atoms with E-state index in [9.17, 15) is 9.18 Å². The molecule has 2 aromatic carbocycles. The van der Waals surface area contributed by atoms with E-state index in [-0.39, 0.29) is 24.2 Å². The standard InChI is InChI=1S/C24H23FN4OS/c25-19-5-1-17(2-6-19)13-24-28-21(16-31-24)14-23(30)27-20-9-11-29(12-10-20)22-7-3-18(15-26)4-8-22/h1-8,16,20H,9-14H2,(H,27,30). The number of piperidine rings is 1. The zero-order chi connectivity index (χ0) is 21.6. The Balaban J connectivity index is 1.24. The van der Waals surface area contributed by atoms with Gasteiger partial charge in [-0.1, -0.05) is 12.1 Å². The summed E-state index contributed by atoms with van der Waals surface area (Å²) in [6.07, 6.45) is 2.69. The number of rotatable bonds is 6. The predicted molar refractivity (Wildman–Crippen MR) is 120 cm³/mol. The van der Waals surface area contributed by atoms with Crippen LogP contribution in [0.3, 0.4) is 0 Å². The van der Waals surface area contributed by atoms with Crippen LogP contribution in [-0.4, -0.2) is 30.0 Å². The molecule has 1 N–H and O–H groups in total. The average Bonchev–Trinajstić information content (AvgIpc) is 3.22. The Bertz CT molecular complexity index is 1060. The Morgan fingerprint density at radius 3 is 2.55 bits per heavy atom. The lowest BCUT2D eigenvalue weighted by Crippen LogP contribution is -2.45. The lowest BCUT2D eigenvalue weighted by molar-refractivity contribution is -0.121. The van der Waals surface area contributed by atoms with E-state index in [0.717, 1.165) is 47.9 Å². The van der Waals surface area contributed by atoms with Crippen LogP contribution in [0.25, 0.3) is 0 Å². The normalized spacial score (nSPS) is 14.3. The highest BCUT2D eigenvalue weighted by Gasteiger charge is 2.21. The number of anilines is 1. The van der Waals surface area contributed by atoms with Crippen LogP contribution in [0.1, 0.15) is 34.7 Å². The van der Waals surface area contributed by atoms with Crippen LogP contribution in [0.5, 0.6) is 0 Å². The molecule has 1 aromatic heterocycles. The van der Waals surface area contributed by atoms with Crippen molar-refractivity contribution >= 4 is 22.9 Å². The van der Waals surface area contributed by atoms with Crippen LogP contribution in [0.2, 0.25) is 0 Å². The summed E-state index contributed by atoms with van der Waals surface area (Å²) in [5.41, 5.74) is 3.55. The van der Waals surface area contributed by atoms with Crippen LogP contribution in [-0.2, 0) is 17.6 Å². The molecule has 3 aromatic rings. The first kappa shape index (κ1) is 21.0. The van der Waals surface area contributed by atoms with Crippen molar-refractivity contribution in [3.05, 3.63) is 81.6 Å². The maximum absolute atomic E-state index is 13.0. The molecule has 31 heavy (non-hydrogen) atoms. The number of amides is 1. The van der Waals surface area contributed by atoms with E-state index in [1.165, 1.54) is 23.5 Å². The molecule has 1 aliphatic heterocycles. The van der Waals surface area contributed by atoms with Gasteiger partial charge >= 0.3 is 0 Å². The number of nitrogens with one attached hydrogen (secondary N) is 1. The van der Waals surface area contributed by atoms with Crippen molar-refractivity contribution < 1.29 is 9.18 Å². The van der Waals surface area contributed by atoms with Crippen molar-refractivity contribution in [1.29, 1.82) is 5.26 Å². The quantitative estimate of drug-likeness (QED) is 0.635. The van der Waals surface area contributed by atoms with E-state index in [1.54, 1.807) is 12.1 Å². The summed E-state index contributed by atoms with van der Waals surface area (Å²) in [7, 11) is 0. The smallest absolute Gasteiger partial charge is 0.226 e. The number of benzene rings is 2. The van der Waals surface area contributed by atoms with Crippen molar-refractivity contribution in [2.24, 2.45) is 0 Å². The molecule has 7 heteroatoms. The molecule has 1 aliphatic rings. The minimum atomic E-state index is -0.247. The number of aromatic nitrogens is 1. The van der Waals surface area contributed by atoms with Crippen molar-refractivity contribution in [2.45, 2.75) is 31.7 Å². The Morgan fingerprint density at radius 1 is 1.16 bits per heavy atom. The third kappa shape index (κ3) is 5.68. The van der Waals surface area contributed by atoms with Gasteiger partial charge in [0.25, 0.3) is 0 Å². The predicted octanol–water partition coefficient (Wildman–Crippen LogP) is 4.07. The van der Waals surface area contributed by atoms with Gasteiger partial charge in [-0.15, -0.1) is 11.3 Å². The summed E-state index contributed by atoms with van der Waals surface area (Å²) in [6.45, 7) is 1.74. The second kappa shape index (κ2) is 9.71. The monoisotopic (exact) mass is 434 g/mol. The van der Waals surface area contributed by atoms with Gasteiger partial charge in [-0.3, -0.25) is 4.79 Å². The molecule has 1 amide bonds. The molecule has 0 spiro atoms. The second-order valence-corrected chi connectivity index (χ2v) is 8.64. The SMILES string of the molecule is N#Cc1ccc(N2CCC(NC(=O)Cc3csc(Cc4ccc(F)cc4)n3)CC2)cc1. The summed E-state index contributed by atoms with van der Waals surface area (Å²) < 4.78 is 13.0. The zero-order valence-corrected chi connectivity index (χ0v) is 17.9. The molecule has 1 saturated heterocycles. The second-order valence-electron chi connectivity index (χ2n) is 7.70.